The molecule has 1 aliphatic heterocycles. The molecule has 0 amide bonds. The monoisotopic (exact) mass is 410 g/mol. The Hall–Kier alpha value is -2.44. The van der Waals surface area contributed by atoms with Crippen molar-refractivity contribution in [2.45, 2.75) is 25.3 Å². The molecule has 6 nitrogen and oxygen atoms in total. The number of halogens is 1. The lowest BCUT2D eigenvalue weighted by atomic mass is 9.90. The highest BCUT2D eigenvalue weighted by molar-refractivity contribution is 6.30. The Morgan fingerprint density at radius 1 is 1.17 bits per heavy atom. The van der Waals surface area contributed by atoms with Gasteiger partial charge < -0.3 is 4.90 Å². The largest absolute Gasteiger partial charge is 0.347 e. The molecule has 7 heteroatoms. The molecular formula is C22H27ClN6. The van der Waals surface area contributed by atoms with Crippen LogP contribution in [-0.4, -0.2) is 51.8 Å². The molecular weight excluding hydrogens is 384 g/mol. The number of aromatic nitrogens is 4. The predicted octanol–water partition coefficient (Wildman–Crippen LogP) is 3.98. The summed E-state index contributed by atoms with van der Waals surface area (Å²) in [4.78, 5) is 14.0. The van der Waals surface area contributed by atoms with E-state index in [1.165, 1.54) is 5.56 Å². The van der Waals surface area contributed by atoms with Gasteiger partial charge in [-0.15, -0.1) is 0 Å². The van der Waals surface area contributed by atoms with Crippen LogP contribution in [0.1, 0.15) is 30.0 Å². The number of rotatable bonds is 5. The number of nitrogens with zero attached hydrogens (tertiary/aromatic N) is 6. The van der Waals surface area contributed by atoms with Crippen LogP contribution < -0.4 is 4.90 Å². The molecule has 1 aromatic carbocycles. The summed E-state index contributed by atoms with van der Waals surface area (Å²) >= 11 is 6.10. The van der Waals surface area contributed by atoms with Crippen LogP contribution in [0.15, 0.2) is 42.9 Å². The molecule has 0 aliphatic carbocycles. The van der Waals surface area contributed by atoms with Crippen molar-refractivity contribution in [3.63, 3.8) is 0 Å². The summed E-state index contributed by atoms with van der Waals surface area (Å²) in [5.41, 5.74) is 4.59. The molecule has 4 rings (SSSR count). The quantitative estimate of drug-likeness (QED) is 0.636. The van der Waals surface area contributed by atoms with Crippen molar-refractivity contribution in [1.29, 1.82) is 0 Å². The molecule has 152 valence electrons. The summed E-state index contributed by atoms with van der Waals surface area (Å²) in [7, 11) is 5.93. The maximum absolute atomic E-state index is 6.10. The van der Waals surface area contributed by atoms with Gasteiger partial charge in [-0.25, -0.2) is 9.97 Å². The molecule has 2 aromatic heterocycles. The van der Waals surface area contributed by atoms with Gasteiger partial charge in [0.05, 0.1) is 11.9 Å². The van der Waals surface area contributed by atoms with Crippen molar-refractivity contribution in [2.24, 2.45) is 7.05 Å². The topological polar surface area (TPSA) is 50.1 Å². The van der Waals surface area contributed by atoms with Gasteiger partial charge in [-0.05, 0) is 37.1 Å². The van der Waals surface area contributed by atoms with E-state index < -0.39 is 0 Å². The Bertz CT molecular complexity index is 966. The van der Waals surface area contributed by atoms with Gasteiger partial charge in [0, 0.05) is 68.7 Å². The molecule has 1 fully saturated rings. The molecule has 29 heavy (non-hydrogen) atoms. The average molecular weight is 411 g/mol. The van der Waals surface area contributed by atoms with Gasteiger partial charge in [0.1, 0.15) is 0 Å². The smallest absolute Gasteiger partial charge is 0.225 e. The third-order valence-corrected chi connectivity index (χ3v) is 5.67. The van der Waals surface area contributed by atoms with E-state index >= 15 is 0 Å². The van der Waals surface area contributed by atoms with Gasteiger partial charge >= 0.3 is 0 Å². The summed E-state index contributed by atoms with van der Waals surface area (Å²) in [5, 5.41) is 5.04. The van der Waals surface area contributed by atoms with Crippen LogP contribution >= 0.6 is 11.6 Å². The zero-order chi connectivity index (χ0) is 20.4. The van der Waals surface area contributed by atoms with Crippen LogP contribution in [0.4, 0.5) is 5.95 Å². The summed E-state index contributed by atoms with van der Waals surface area (Å²) < 4.78 is 1.86. The summed E-state index contributed by atoms with van der Waals surface area (Å²) in [6, 6.07) is 7.96. The van der Waals surface area contributed by atoms with Gasteiger partial charge in [-0.3, -0.25) is 9.58 Å². The van der Waals surface area contributed by atoms with Gasteiger partial charge in [0.15, 0.2) is 0 Å². The number of aryl methyl sites for hydroxylation is 1. The van der Waals surface area contributed by atoms with Crippen molar-refractivity contribution in [3.05, 3.63) is 59.1 Å². The molecule has 0 bridgehead atoms. The minimum atomic E-state index is 0.368. The first kappa shape index (κ1) is 19.9. The van der Waals surface area contributed by atoms with Gasteiger partial charge in [0.25, 0.3) is 0 Å². The number of anilines is 1. The Balaban J connectivity index is 1.64. The number of hydrogen-bond acceptors (Lipinski definition) is 5. The van der Waals surface area contributed by atoms with Crippen molar-refractivity contribution in [2.75, 3.05) is 32.1 Å². The lowest BCUT2D eigenvalue weighted by Crippen LogP contribution is -2.34. The van der Waals surface area contributed by atoms with Crippen LogP contribution in [-0.2, 0) is 13.6 Å². The third kappa shape index (κ3) is 4.60. The van der Waals surface area contributed by atoms with Crippen LogP contribution in [0, 0.1) is 0 Å². The Labute approximate surface area is 177 Å². The Morgan fingerprint density at radius 3 is 2.66 bits per heavy atom. The minimum absolute atomic E-state index is 0.368. The lowest BCUT2D eigenvalue weighted by molar-refractivity contribution is 0.198. The second-order valence-electron chi connectivity index (χ2n) is 7.97. The van der Waals surface area contributed by atoms with Crippen molar-refractivity contribution < 1.29 is 0 Å². The van der Waals surface area contributed by atoms with E-state index in [1.54, 1.807) is 0 Å². The highest BCUT2D eigenvalue weighted by Gasteiger charge is 2.26. The van der Waals surface area contributed by atoms with Crippen LogP contribution in [0.5, 0.6) is 0 Å². The number of benzene rings is 1. The standard InChI is InChI=1S/C22H27ClN6/c1-27(2)22-24-12-20(17-6-8-19(23)9-7-17)21(26-22)18-5-4-10-29(15-18)14-16-11-25-28(3)13-16/h6-9,11-13,18H,4-5,10,14-15H2,1-3H3/t18-/m1/s1. The van der Waals surface area contributed by atoms with Crippen LogP contribution in [0.3, 0.4) is 0 Å². The van der Waals surface area contributed by atoms with Gasteiger partial charge in [0.2, 0.25) is 5.95 Å². The zero-order valence-corrected chi connectivity index (χ0v) is 18.0. The van der Waals surface area contributed by atoms with Gasteiger partial charge in [-0.1, -0.05) is 23.7 Å². The molecule has 3 heterocycles. The molecule has 1 atom stereocenters. The van der Waals surface area contributed by atoms with Gasteiger partial charge in [-0.2, -0.15) is 5.10 Å². The zero-order valence-electron chi connectivity index (χ0n) is 17.2. The lowest BCUT2D eigenvalue weighted by Gasteiger charge is -2.33. The average Bonchev–Trinajstić information content (AvgIpc) is 3.13. The van der Waals surface area contributed by atoms with E-state index in [0.29, 0.717) is 5.92 Å². The molecule has 0 saturated carbocycles. The molecule has 0 radical (unpaired) electrons. The fraction of sp³-hybridized carbons (Fsp3) is 0.409. The molecule has 0 N–H and O–H groups in total. The van der Waals surface area contributed by atoms with E-state index in [1.807, 2.05) is 55.3 Å². The maximum atomic E-state index is 6.10. The minimum Gasteiger partial charge on any atom is -0.347 e. The first-order valence-corrected chi connectivity index (χ1v) is 10.4. The number of piperidine rings is 1. The summed E-state index contributed by atoms with van der Waals surface area (Å²) in [6.45, 7) is 3.01. The highest BCUT2D eigenvalue weighted by atomic mass is 35.5. The fourth-order valence-corrected chi connectivity index (χ4v) is 4.12. The number of likely N-dealkylation sites (tertiary alicyclic amines) is 1. The van der Waals surface area contributed by atoms with Crippen molar-refractivity contribution in [3.8, 4) is 11.1 Å². The Kier molecular flexibility index (Phi) is 5.83. The normalized spacial score (nSPS) is 17.4. The SMILES string of the molecule is CN(C)c1ncc(-c2ccc(Cl)cc2)c([C@@H]2CCCN(Cc3cnn(C)c3)C2)n1. The predicted molar refractivity (Wildman–Crippen MR) is 117 cm³/mol. The van der Waals surface area contributed by atoms with E-state index in [-0.39, 0.29) is 0 Å². The molecule has 1 aliphatic rings. The van der Waals surface area contributed by atoms with E-state index in [2.05, 4.69) is 33.3 Å². The Morgan fingerprint density at radius 2 is 1.97 bits per heavy atom. The number of hydrogen-bond donors (Lipinski definition) is 0. The highest BCUT2D eigenvalue weighted by Crippen LogP contribution is 2.34. The van der Waals surface area contributed by atoms with E-state index in [4.69, 9.17) is 16.6 Å². The van der Waals surface area contributed by atoms with Crippen LogP contribution in [0.2, 0.25) is 5.02 Å². The third-order valence-electron chi connectivity index (χ3n) is 5.42. The molecule has 0 unspecified atom stereocenters. The molecule has 1 saturated heterocycles. The van der Waals surface area contributed by atoms with E-state index in [9.17, 15) is 0 Å². The first-order valence-electron chi connectivity index (χ1n) is 9.99. The van der Waals surface area contributed by atoms with Crippen molar-refractivity contribution in [1.82, 2.24) is 24.6 Å². The second kappa shape index (κ2) is 8.51. The maximum Gasteiger partial charge on any atom is 0.225 e. The van der Waals surface area contributed by atoms with Crippen molar-refractivity contribution >= 4 is 17.5 Å². The van der Waals surface area contributed by atoms with E-state index in [0.717, 1.165) is 60.3 Å². The van der Waals surface area contributed by atoms with Crippen LogP contribution in [0.25, 0.3) is 11.1 Å². The summed E-state index contributed by atoms with van der Waals surface area (Å²) in [6.07, 6.45) is 8.30. The first-order chi connectivity index (χ1) is 14.0. The summed E-state index contributed by atoms with van der Waals surface area (Å²) in [5.74, 6) is 1.12. The molecule has 3 aromatic rings. The fourth-order valence-electron chi connectivity index (χ4n) is 4.00. The second-order valence-corrected chi connectivity index (χ2v) is 8.40. The molecule has 0 spiro atoms.